The molecule has 1 rings (SSSR count). The van der Waals surface area contributed by atoms with Crippen molar-refractivity contribution in [2.75, 3.05) is 24.5 Å². The van der Waals surface area contributed by atoms with Gasteiger partial charge in [-0.3, -0.25) is 4.99 Å². The third kappa shape index (κ3) is 4.91. The van der Waals surface area contributed by atoms with Gasteiger partial charge in [-0.15, -0.1) is 0 Å². The number of hydrogen-bond acceptors (Lipinski definition) is 2. The van der Waals surface area contributed by atoms with Gasteiger partial charge in [-0.1, -0.05) is 31.9 Å². The van der Waals surface area contributed by atoms with Crippen LogP contribution in [-0.2, 0) is 0 Å². The Morgan fingerprint density at radius 1 is 1.00 bits per heavy atom. The lowest BCUT2D eigenvalue weighted by molar-refractivity contribution is 0.729. The van der Waals surface area contributed by atoms with Gasteiger partial charge in [0.05, 0.1) is 0 Å². The molecule has 0 saturated carbocycles. The SMILES string of the molecule is CCCCC/N=C\c1ccc(N(CC)CC)cc1. The van der Waals surface area contributed by atoms with Crippen molar-refractivity contribution in [3.63, 3.8) is 0 Å². The van der Waals surface area contributed by atoms with Crippen LogP contribution in [0, 0.1) is 0 Å². The second-order valence-corrected chi connectivity index (χ2v) is 4.51. The molecule has 100 valence electrons. The van der Waals surface area contributed by atoms with Crippen molar-refractivity contribution in [2.45, 2.75) is 40.0 Å². The van der Waals surface area contributed by atoms with Crippen LogP contribution in [0.15, 0.2) is 29.3 Å². The molecule has 0 N–H and O–H groups in total. The molecule has 0 amide bonds. The third-order valence-electron chi connectivity index (χ3n) is 3.15. The van der Waals surface area contributed by atoms with Gasteiger partial charge in [0.15, 0.2) is 0 Å². The highest BCUT2D eigenvalue weighted by atomic mass is 15.1. The van der Waals surface area contributed by atoms with Crippen LogP contribution in [-0.4, -0.2) is 25.8 Å². The standard InChI is InChI=1S/C16H26N2/c1-4-7-8-13-17-14-15-9-11-16(12-10-15)18(5-2)6-3/h9-12,14H,4-8,13H2,1-3H3/b17-14-. The molecule has 0 fully saturated rings. The molecule has 0 aliphatic rings. The highest BCUT2D eigenvalue weighted by Gasteiger charge is 1.99. The maximum absolute atomic E-state index is 4.46. The van der Waals surface area contributed by atoms with Crippen molar-refractivity contribution in [1.29, 1.82) is 0 Å². The summed E-state index contributed by atoms with van der Waals surface area (Å²) in [6.45, 7) is 9.66. The molecule has 0 radical (unpaired) electrons. The van der Waals surface area contributed by atoms with Gasteiger partial charge in [-0.25, -0.2) is 0 Å². The van der Waals surface area contributed by atoms with E-state index < -0.39 is 0 Å². The average molecular weight is 246 g/mol. The molecule has 0 bridgehead atoms. The van der Waals surface area contributed by atoms with Gasteiger partial charge >= 0.3 is 0 Å². The Hall–Kier alpha value is -1.31. The first-order valence-electron chi connectivity index (χ1n) is 7.16. The summed E-state index contributed by atoms with van der Waals surface area (Å²) in [7, 11) is 0. The number of rotatable bonds is 8. The quantitative estimate of drug-likeness (QED) is 0.497. The maximum atomic E-state index is 4.46. The third-order valence-corrected chi connectivity index (χ3v) is 3.15. The Morgan fingerprint density at radius 3 is 2.22 bits per heavy atom. The first-order chi connectivity index (χ1) is 8.81. The monoisotopic (exact) mass is 246 g/mol. The predicted octanol–water partition coefficient (Wildman–Crippen LogP) is 4.14. The zero-order chi connectivity index (χ0) is 13.2. The molecule has 0 heterocycles. The van der Waals surface area contributed by atoms with E-state index in [-0.39, 0.29) is 0 Å². The van der Waals surface area contributed by atoms with Crippen LogP contribution >= 0.6 is 0 Å². The Kier molecular flexibility index (Phi) is 7.16. The van der Waals surface area contributed by atoms with E-state index in [0.29, 0.717) is 0 Å². The predicted molar refractivity (Wildman–Crippen MR) is 82.0 cm³/mol. The van der Waals surface area contributed by atoms with E-state index in [2.05, 4.69) is 54.9 Å². The van der Waals surface area contributed by atoms with Crippen LogP contribution < -0.4 is 4.90 Å². The van der Waals surface area contributed by atoms with E-state index in [1.165, 1.54) is 30.5 Å². The fourth-order valence-electron chi connectivity index (χ4n) is 1.98. The molecule has 2 nitrogen and oxygen atoms in total. The number of unbranched alkanes of at least 4 members (excludes halogenated alkanes) is 2. The van der Waals surface area contributed by atoms with Crippen molar-refractivity contribution in [3.05, 3.63) is 29.8 Å². The Bertz CT molecular complexity index is 337. The normalized spacial score (nSPS) is 11.1. The van der Waals surface area contributed by atoms with Crippen molar-refractivity contribution in [2.24, 2.45) is 4.99 Å². The van der Waals surface area contributed by atoms with Crippen LogP contribution in [0.4, 0.5) is 5.69 Å². The largest absolute Gasteiger partial charge is 0.372 e. The van der Waals surface area contributed by atoms with Gasteiger partial charge in [0, 0.05) is 31.5 Å². The minimum Gasteiger partial charge on any atom is -0.372 e. The number of benzene rings is 1. The molecule has 0 saturated heterocycles. The van der Waals surface area contributed by atoms with Gasteiger partial charge in [0.25, 0.3) is 0 Å². The molecule has 1 aromatic rings. The molecular weight excluding hydrogens is 220 g/mol. The van der Waals surface area contributed by atoms with E-state index in [0.717, 1.165) is 19.6 Å². The summed E-state index contributed by atoms with van der Waals surface area (Å²) in [5.74, 6) is 0. The van der Waals surface area contributed by atoms with Crippen molar-refractivity contribution >= 4 is 11.9 Å². The fraction of sp³-hybridized carbons (Fsp3) is 0.562. The van der Waals surface area contributed by atoms with Crippen LogP contribution in [0.2, 0.25) is 0 Å². The lowest BCUT2D eigenvalue weighted by Crippen LogP contribution is -2.21. The lowest BCUT2D eigenvalue weighted by Gasteiger charge is -2.20. The van der Waals surface area contributed by atoms with E-state index in [4.69, 9.17) is 0 Å². The molecule has 18 heavy (non-hydrogen) atoms. The van der Waals surface area contributed by atoms with Gasteiger partial charge in [0.2, 0.25) is 0 Å². The minimum atomic E-state index is 0.950. The van der Waals surface area contributed by atoms with Crippen molar-refractivity contribution in [3.8, 4) is 0 Å². The molecule has 0 atom stereocenters. The molecule has 0 spiro atoms. The molecule has 0 unspecified atom stereocenters. The Labute approximate surface area is 112 Å². The highest BCUT2D eigenvalue weighted by molar-refractivity contribution is 5.80. The summed E-state index contributed by atoms with van der Waals surface area (Å²) in [5.41, 5.74) is 2.49. The van der Waals surface area contributed by atoms with Gasteiger partial charge in [-0.2, -0.15) is 0 Å². The lowest BCUT2D eigenvalue weighted by atomic mass is 10.2. The number of hydrogen-bond donors (Lipinski definition) is 0. The van der Waals surface area contributed by atoms with E-state index >= 15 is 0 Å². The van der Waals surface area contributed by atoms with E-state index in [1.807, 2.05) is 6.21 Å². The molecule has 0 aliphatic heterocycles. The maximum Gasteiger partial charge on any atom is 0.0389 e. The molecule has 1 aromatic carbocycles. The van der Waals surface area contributed by atoms with E-state index in [9.17, 15) is 0 Å². The number of nitrogens with zero attached hydrogens (tertiary/aromatic N) is 2. The number of anilines is 1. The second-order valence-electron chi connectivity index (χ2n) is 4.51. The van der Waals surface area contributed by atoms with E-state index in [1.54, 1.807) is 0 Å². The molecular formula is C16H26N2. The van der Waals surface area contributed by atoms with Crippen LogP contribution in [0.3, 0.4) is 0 Å². The smallest absolute Gasteiger partial charge is 0.0389 e. The fourth-order valence-corrected chi connectivity index (χ4v) is 1.98. The van der Waals surface area contributed by atoms with Crippen molar-refractivity contribution < 1.29 is 0 Å². The first-order valence-corrected chi connectivity index (χ1v) is 7.16. The Morgan fingerprint density at radius 2 is 1.67 bits per heavy atom. The average Bonchev–Trinajstić information content (AvgIpc) is 2.41. The molecule has 0 aliphatic carbocycles. The van der Waals surface area contributed by atoms with Gasteiger partial charge in [-0.05, 0) is 38.0 Å². The zero-order valence-corrected chi connectivity index (χ0v) is 12.0. The van der Waals surface area contributed by atoms with Gasteiger partial charge in [0.1, 0.15) is 0 Å². The number of aliphatic imine (C=N–C) groups is 1. The topological polar surface area (TPSA) is 15.6 Å². The minimum absolute atomic E-state index is 0.950. The highest BCUT2D eigenvalue weighted by Crippen LogP contribution is 2.14. The van der Waals surface area contributed by atoms with Crippen molar-refractivity contribution in [1.82, 2.24) is 0 Å². The first kappa shape index (κ1) is 14.7. The Balaban J connectivity index is 2.49. The molecule has 2 heteroatoms. The second kappa shape index (κ2) is 8.73. The summed E-state index contributed by atoms with van der Waals surface area (Å²) in [5, 5.41) is 0. The summed E-state index contributed by atoms with van der Waals surface area (Å²) in [6.07, 6.45) is 5.72. The van der Waals surface area contributed by atoms with Crippen LogP contribution in [0.25, 0.3) is 0 Å². The summed E-state index contributed by atoms with van der Waals surface area (Å²) in [4.78, 5) is 6.80. The zero-order valence-electron chi connectivity index (χ0n) is 12.0. The van der Waals surface area contributed by atoms with Crippen LogP contribution in [0.1, 0.15) is 45.6 Å². The summed E-state index contributed by atoms with van der Waals surface area (Å²) < 4.78 is 0. The molecule has 0 aromatic heterocycles. The summed E-state index contributed by atoms with van der Waals surface area (Å²) in [6, 6.07) is 8.66. The van der Waals surface area contributed by atoms with Crippen LogP contribution in [0.5, 0.6) is 0 Å². The van der Waals surface area contributed by atoms with Gasteiger partial charge < -0.3 is 4.90 Å². The summed E-state index contributed by atoms with van der Waals surface area (Å²) >= 11 is 0.